The van der Waals surface area contributed by atoms with Gasteiger partial charge in [0, 0.05) is 24.3 Å². The highest BCUT2D eigenvalue weighted by molar-refractivity contribution is 7.99. The van der Waals surface area contributed by atoms with E-state index in [-0.39, 0.29) is 24.0 Å². The van der Waals surface area contributed by atoms with Gasteiger partial charge in [-0.25, -0.2) is 4.98 Å². The van der Waals surface area contributed by atoms with Crippen LogP contribution in [0, 0.1) is 6.92 Å². The summed E-state index contributed by atoms with van der Waals surface area (Å²) in [6.07, 6.45) is 0.262. The third-order valence-electron chi connectivity index (χ3n) is 3.55. The Morgan fingerprint density at radius 2 is 2.27 bits per heavy atom. The van der Waals surface area contributed by atoms with E-state index >= 15 is 0 Å². The Kier molecular flexibility index (Phi) is 4.24. The number of thioether (sulfide) groups is 1. The molecule has 1 amide bonds. The number of nitrogens with one attached hydrogen (secondary N) is 2. The highest BCUT2D eigenvalue weighted by Crippen LogP contribution is 2.32. The smallest absolute Gasteiger partial charge is 0.228 e. The van der Waals surface area contributed by atoms with Crippen LogP contribution in [0.5, 0.6) is 0 Å². The summed E-state index contributed by atoms with van der Waals surface area (Å²) in [5, 5.41) is 10.4. The molecule has 6 nitrogen and oxygen atoms in total. The van der Waals surface area contributed by atoms with Gasteiger partial charge in [-0.1, -0.05) is 36.0 Å². The first-order valence-electron chi connectivity index (χ1n) is 7.07. The highest BCUT2D eigenvalue weighted by Gasteiger charge is 2.33. The van der Waals surface area contributed by atoms with Crippen LogP contribution in [-0.2, 0) is 4.79 Å². The number of benzene rings is 1. The second kappa shape index (κ2) is 6.31. The summed E-state index contributed by atoms with van der Waals surface area (Å²) in [6.45, 7) is 2.36. The van der Waals surface area contributed by atoms with Gasteiger partial charge in [0.05, 0.1) is 5.92 Å². The monoisotopic (exact) mass is 316 g/mol. The first-order valence-corrected chi connectivity index (χ1v) is 8.05. The number of nitrogens with zero attached hydrogens (tertiary/aromatic N) is 2. The van der Waals surface area contributed by atoms with Crippen LogP contribution < -0.4 is 5.32 Å². The maximum absolute atomic E-state index is 12.3. The number of hydrogen-bond acceptors (Lipinski definition) is 5. The van der Waals surface area contributed by atoms with Crippen LogP contribution in [0.3, 0.4) is 0 Å². The van der Waals surface area contributed by atoms with E-state index in [9.17, 15) is 9.59 Å². The predicted molar refractivity (Wildman–Crippen MR) is 83.0 cm³/mol. The quantitative estimate of drug-likeness (QED) is 0.647. The van der Waals surface area contributed by atoms with Gasteiger partial charge in [0.1, 0.15) is 5.82 Å². The van der Waals surface area contributed by atoms with Gasteiger partial charge >= 0.3 is 0 Å². The van der Waals surface area contributed by atoms with Crippen molar-refractivity contribution in [3.05, 3.63) is 41.2 Å². The maximum Gasteiger partial charge on any atom is 0.228 e. The van der Waals surface area contributed by atoms with Crippen molar-refractivity contribution >= 4 is 23.5 Å². The Balaban J connectivity index is 1.52. The van der Waals surface area contributed by atoms with Crippen LogP contribution in [-0.4, -0.2) is 39.2 Å². The summed E-state index contributed by atoms with van der Waals surface area (Å²) in [5.41, 5.74) is 1.51. The molecule has 1 atom stereocenters. The van der Waals surface area contributed by atoms with Crippen molar-refractivity contribution in [3.63, 3.8) is 0 Å². The average Bonchev–Trinajstić information content (AvgIpc) is 3.08. The van der Waals surface area contributed by atoms with E-state index in [2.05, 4.69) is 20.5 Å². The van der Waals surface area contributed by atoms with Crippen molar-refractivity contribution in [2.24, 2.45) is 0 Å². The molecule has 0 aliphatic heterocycles. The number of rotatable bonds is 5. The number of amides is 1. The molecule has 1 heterocycles. The lowest BCUT2D eigenvalue weighted by Crippen LogP contribution is -2.30. The lowest BCUT2D eigenvalue weighted by molar-refractivity contribution is -0.122. The van der Waals surface area contributed by atoms with Crippen LogP contribution in [0.15, 0.2) is 29.4 Å². The summed E-state index contributed by atoms with van der Waals surface area (Å²) in [6, 6.07) is 7.33. The molecule has 0 radical (unpaired) electrons. The van der Waals surface area contributed by atoms with Crippen molar-refractivity contribution in [2.45, 2.75) is 24.4 Å². The Morgan fingerprint density at radius 1 is 1.45 bits per heavy atom. The third kappa shape index (κ3) is 3.04. The van der Waals surface area contributed by atoms with Gasteiger partial charge in [0.25, 0.3) is 0 Å². The second-order valence-electron chi connectivity index (χ2n) is 5.11. The number of aromatic amines is 1. The molecule has 2 aromatic rings. The predicted octanol–water partition coefficient (Wildman–Crippen LogP) is 1.69. The molecule has 1 aromatic heterocycles. The van der Waals surface area contributed by atoms with Crippen LogP contribution in [0.25, 0.3) is 0 Å². The zero-order chi connectivity index (χ0) is 15.5. The van der Waals surface area contributed by atoms with Gasteiger partial charge in [-0.05, 0) is 12.5 Å². The summed E-state index contributed by atoms with van der Waals surface area (Å²) in [4.78, 5) is 28.3. The van der Waals surface area contributed by atoms with Crippen LogP contribution in [0.1, 0.15) is 34.1 Å². The number of H-pyrrole nitrogens is 1. The van der Waals surface area contributed by atoms with Crippen molar-refractivity contribution in [1.82, 2.24) is 20.5 Å². The van der Waals surface area contributed by atoms with E-state index in [4.69, 9.17) is 0 Å². The van der Waals surface area contributed by atoms with Crippen molar-refractivity contribution in [1.29, 1.82) is 0 Å². The van der Waals surface area contributed by atoms with Gasteiger partial charge in [-0.3, -0.25) is 14.7 Å². The fourth-order valence-corrected chi connectivity index (χ4v) is 3.22. The minimum Gasteiger partial charge on any atom is -0.355 e. The van der Waals surface area contributed by atoms with E-state index in [1.54, 1.807) is 6.07 Å². The summed E-state index contributed by atoms with van der Waals surface area (Å²) in [7, 11) is 0. The average molecular weight is 316 g/mol. The number of ketones is 1. The molecule has 1 aliphatic carbocycles. The van der Waals surface area contributed by atoms with E-state index in [1.165, 1.54) is 11.8 Å². The van der Waals surface area contributed by atoms with Crippen molar-refractivity contribution in [3.8, 4) is 0 Å². The van der Waals surface area contributed by atoms with Gasteiger partial charge in [0.2, 0.25) is 11.1 Å². The lowest BCUT2D eigenvalue weighted by Gasteiger charge is -2.11. The molecular formula is C15H16N4O2S. The van der Waals surface area contributed by atoms with Gasteiger partial charge in [-0.2, -0.15) is 0 Å². The van der Waals surface area contributed by atoms with E-state index in [1.807, 2.05) is 25.1 Å². The molecule has 1 aromatic carbocycles. The normalized spacial score (nSPS) is 16.6. The minimum atomic E-state index is -0.362. The standard InChI is InChI=1S/C15H16N4O2S/c1-9-17-15(19-18-9)22-7-6-16-14(21)12-8-13(20)11-5-3-2-4-10(11)12/h2-5,12H,6-8H2,1H3,(H,16,21)(H,17,18,19). The highest BCUT2D eigenvalue weighted by atomic mass is 32.2. The van der Waals surface area contributed by atoms with Gasteiger partial charge in [0.15, 0.2) is 5.78 Å². The molecule has 0 saturated heterocycles. The summed E-state index contributed by atoms with van der Waals surface area (Å²) >= 11 is 1.48. The molecular weight excluding hydrogens is 300 g/mol. The van der Waals surface area contributed by atoms with Crippen molar-refractivity contribution in [2.75, 3.05) is 12.3 Å². The molecule has 1 aliphatic rings. The third-order valence-corrected chi connectivity index (χ3v) is 4.40. The van der Waals surface area contributed by atoms with Crippen LogP contribution in [0.2, 0.25) is 0 Å². The number of aromatic nitrogens is 3. The van der Waals surface area contributed by atoms with Crippen LogP contribution >= 0.6 is 11.8 Å². The molecule has 114 valence electrons. The Hall–Kier alpha value is -2.15. The topological polar surface area (TPSA) is 87.7 Å². The van der Waals surface area contributed by atoms with Gasteiger partial charge < -0.3 is 5.32 Å². The number of fused-ring (bicyclic) bond motifs is 1. The summed E-state index contributed by atoms with van der Waals surface area (Å²) in [5.74, 6) is 1.05. The summed E-state index contributed by atoms with van der Waals surface area (Å²) < 4.78 is 0. The molecule has 0 spiro atoms. The Labute approximate surface area is 132 Å². The molecule has 0 saturated carbocycles. The fourth-order valence-electron chi connectivity index (χ4n) is 2.52. The molecule has 1 unspecified atom stereocenters. The van der Waals surface area contributed by atoms with E-state index in [0.29, 0.717) is 23.0 Å². The van der Waals surface area contributed by atoms with Crippen molar-refractivity contribution < 1.29 is 9.59 Å². The molecule has 2 N–H and O–H groups in total. The lowest BCUT2D eigenvalue weighted by atomic mass is 10.0. The van der Waals surface area contributed by atoms with E-state index < -0.39 is 0 Å². The molecule has 3 rings (SSSR count). The fraction of sp³-hybridized carbons (Fsp3) is 0.333. The zero-order valence-electron chi connectivity index (χ0n) is 12.1. The second-order valence-corrected chi connectivity index (χ2v) is 6.17. The van der Waals surface area contributed by atoms with Crippen LogP contribution in [0.4, 0.5) is 0 Å². The largest absolute Gasteiger partial charge is 0.355 e. The first-order chi connectivity index (χ1) is 10.6. The number of carbonyl (C=O) groups is 2. The molecule has 7 heteroatoms. The van der Waals surface area contributed by atoms with E-state index in [0.717, 1.165) is 11.4 Å². The number of Topliss-reactive ketones (excluding diaryl/α,β-unsaturated/α-hetero) is 1. The number of hydrogen-bond donors (Lipinski definition) is 2. The minimum absolute atomic E-state index is 0.0429. The number of carbonyl (C=O) groups excluding carboxylic acids is 2. The molecule has 22 heavy (non-hydrogen) atoms. The Bertz CT molecular complexity index is 713. The SMILES string of the molecule is Cc1nc(SCCNC(=O)C2CC(=O)c3ccccc32)n[nH]1. The molecule has 0 fully saturated rings. The zero-order valence-corrected chi connectivity index (χ0v) is 12.9. The van der Waals surface area contributed by atoms with Gasteiger partial charge in [-0.15, -0.1) is 5.10 Å². The Morgan fingerprint density at radius 3 is 3.05 bits per heavy atom. The molecule has 0 bridgehead atoms. The first kappa shape index (κ1) is 14.8. The number of aryl methyl sites for hydroxylation is 1. The maximum atomic E-state index is 12.3.